The van der Waals surface area contributed by atoms with Gasteiger partial charge in [-0.25, -0.2) is 8.42 Å². The van der Waals surface area contributed by atoms with E-state index in [9.17, 15) is 13.2 Å². The molecule has 3 atom stereocenters. The highest BCUT2D eigenvalue weighted by Crippen LogP contribution is 2.49. The number of aliphatic carboxylic acids is 1. The molecule has 2 saturated heterocycles. The smallest absolute Gasteiger partial charge is 0.308 e. The van der Waals surface area contributed by atoms with Gasteiger partial charge < -0.3 is 5.11 Å². The molecule has 2 heterocycles. The summed E-state index contributed by atoms with van der Waals surface area (Å²) in [5.74, 6) is -1.23. The maximum absolute atomic E-state index is 11.9. The molecule has 84 valence electrons. The van der Waals surface area contributed by atoms with E-state index >= 15 is 0 Å². The number of nitrogens with zero attached hydrogens (tertiary/aromatic N) is 1. The van der Waals surface area contributed by atoms with Gasteiger partial charge in [-0.2, -0.15) is 4.31 Å². The molecule has 15 heavy (non-hydrogen) atoms. The van der Waals surface area contributed by atoms with Crippen LogP contribution in [-0.2, 0) is 14.8 Å². The summed E-state index contributed by atoms with van der Waals surface area (Å²) in [6.45, 7) is 0.431. The Kier molecular flexibility index (Phi) is 1.75. The summed E-state index contributed by atoms with van der Waals surface area (Å²) in [4.78, 5) is 10.9. The Balaban J connectivity index is 1.84. The summed E-state index contributed by atoms with van der Waals surface area (Å²) in [7, 11) is -3.17. The topological polar surface area (TPSA) is 74.7 Å². The van der Waals surface area contributed by atoms with Crippen LogP contribution in [0.4, 0.5) is 0 Å². The van der Waals surface area contributed by atoms with Gasteiger partial charge in [0.1, 0.15) is 0 Å². The Labute approximate surface area is 88.1 Å². The molecule has 0 aromatic carbocycles. The summed E-state index contributed by atoms with van der Waals surface area (Å²) < 4.78 is 25.3. The maximum atomic E-state index is 11.9. The van der Waals surface area contributed by atoms with Crippen molar-refractivity contribution < 1.29 is 18.3 Å². The van der Waals surface area contributed by atoms with Crippen LogP contribution in [0.5, 0.6) is 0 Å². The zero-order valence-corrected chi connectivity index (χ0v) is 8.98. The Morgan fingerprint density at radius 2 is 2.00 bits per heavy atom. The van der Waals surface area contributed by atoms with Crippen LogP contribution in [0.15, 0.2) is 0 Å². The molecule has 0 aromatic rings. The fourth-order valence-electron chi connectivity index (χ4n) is 2.79. The van der Waals surface area contributed by atoms with Crippen LogP contribution in [0.2, 0.25) is 0 Å². The average molecular weight is 231 g/mol. The quantitative estimate of drug-likeness (QED) is 0.735. The number of carboxylic acids is 1. The number of carbonyl (C=O) groups is 1. The largest absolute Gasteiger partial charge is 0.481 e. The van der Waals surface area contributed by atoms with E-state index in [1.54, 1.807) is 0 Å². The molecule has 2 saturated carbocycles. The van der Waals surface area contributed by atoms with Crippen LogP contribution in [-0.4, -0.2) is 41.6 Å². The summed E-state index contributed by atoms with van der Waals surface area (Å²) in [5.41, 5.74) is 0. The van der Waals surface area contributed by atoms with Crippen LogP contribution in [0.1, 0.15) is 19.3 Å². The van der Waals surface area contributed by atoms with Crippen LogP contribution in [0, 0.1) is 11.8 Å². The molecule has 4 rings (SSSR count). The second-order valence-corrected chi connectivity index (χ2v) is 6.91. The minimum atomic E-state index is -3.17. The van der Waals surface area contributed by atoms with Gasteiger partial charge in [0.15, 0.2) is 0 Å². The number of hydrogen-bond donors (Lipinski definition) is 1. The van der Waals surface area contributed by atoms with Gasteiger partial charge in [0.05, 0.1) is 11.2 Å². The molecule has 0 spiro atoms. The third-order valence-electron chi connectivity index (χ3n) is 3.81. The van der Waals surface area contributed by atoms with Crippen LogP contribution in [0.3, 0.4) is 0 Å². The first-order valence-corrected chi connectivity index (χ1v) is 6.75. The van der Waals surface area contributed by atoms with Crippen molar-refractivity contribution in [2.45, 2.75) is 30.6 Å². The van der Waals surface area contributed by atoms with E-state index < -0.39 is 21.9 Å². The van der Waals surface area contributed by atoms with E-state index in [0.29, 0.717) is 6.54 Å². The van der Waals surface area contributed by atoms with Crippen molar-refractivity contribution in [3.05, 3.63) is 0 Å². The first-order chi connectivity index (χ1) is 7.01. The lowest BCUT2D eigenvalue weighted by Crippen LogP contribution is -2.45. The lowest BCUT2D eigenvalue weighted by atomic mass is 9.74. The van der Waals surface area contributed by atoms with E-state index in [1.165, 1.54) is 4.31 Å². The van der Waals surface area contributed by atoms with Crippen molar-refractivity contribution in [2.24, 2.45) is 11.8 Å². The monoisotopic (exact) mass is 231 g/mol. The van der Waals surface area contributed by atoms with E-state index in [1.807, 2.05) is 0 Å². The lowest BCUT2D eigenvalue weighted by Gasteiger charge is -2.32. The maximum Gasteiger partial charge on any atom is 0.308 e. The van der Waals surface area contributed by atoms with Gasteiger partial charge in [-0.05, 0) is 25.2 Å². The van der Waals surface area contributed by atoms with Gasteiger partial charge in [0.2, 0.25) is 10.0 Å². The fraction of sp³-hybridized carbons (Fsp3) is 0.889. The Morgan fingerprint density at radius 1 is 1.33 bits per heavy atom. The highest BCUT2D eigenvalue weighted by molar-refractivity contribution is 7.90. The molecule has 2 aliphatic carbocycles. The van der Waals surface area contributed by atoms with Crippen LogP contribution >= 0.6 is 0 Å². The number of rotatable bonds is 3. The summed E-state index contributed by atoms with van der Waals surface area (Å²) in [6.07, 6.45) is 2.23. The minimum absolute atomic E-state index is 0.0565. The average Bonchev–Trinajstić information content (AvgIpc) is 2.75. The SMILES string of the molecule is O=C(O)C1C2CC1N(S(=O)(=O)C1CC1)C2. The predicted octanol–water partition coefficient (Wildman–Crippen LogP) is -0.116. The van der Waals surface area contributed by atoms with Crippen LogP contribution in [0.25, 0.3) is 0 Å². The predicted molar refractivity (Wildman–Crippen MR) is 51.7 cm³/mol. The van der Waals surface area contributed by atoms with Crippen molar-refractivity contribution in [3.63, 3.8) is 0 Å². The molecule has 4 aliphatic rings. The standard InChI is InChI=1S/C9H13NO4S/c11-9(12)8-5-3-7(8)10(4-5)15(13,14)6-1-2-6/h5-8H,1-4H2,(H,11,12). The van der Waals surface area contributed by atoms with E-state index in [4.69, 9.17) is 5.11 Å². The molecule has 1 N–H and O–H groups in total. The fourth-order valence-corrected chi connectivity index (χ4v) is 4.90. The van der Waals surface area contributed by atoms with Crippen molar-refractivity contribution in [2.75, 3.05) is 6.54 Å². The third-order valence-corrected chi connectivity index (χ3v) is 6.20. The molecule has 0 aromatic heterocycles. The zero-order chi connectivity index (χ0) is 10.8. The highest BCUT2D eigenvalue weighted by Gasteiger charge is 2.60. The normalized spacial score (nSPS) is 40.1. The molecule has 0 amide bonds. The van der Waals surface area contributed by atoms with Crippen molar-refractivity contribution in [3.8, 4) is 0 Å². The first kappa shape index (κ1) is 9.59. The molecular formula is C9H13NO4S. The van der Waals surface area contributed by atoms with Crippen LogP contribution < -0.4 is 0 Å². The third kappa shape index (κ3) is 1.18. The highest BCUT2D eigenvalue weighted by atomic mass is 32.2. The number of sulfonamides is 1. The van der Waals surface area contributed by atoms with Gasteiger partial charge in [-0.1, -0.05) is 0 Å². The molecule has 6 heteroatoms. The minimum Gasteiger partial charge on any atom is -0.481 e. The molecule has 2 aliphatic heterocycles. The summed E-state index contributed by atoms with van der Waals surface area (Å²) in [5, 5.41) is 8.71. The molecule has 2 bridgehead atoms. The zero-order valence-electron chi connectivity index (χ0n) is 8.17. The first-order valence-electron chi connectivity index (χ1n) is 5.25. The second-order valence-electron chi connectivity index (χ2n) is 4.74. The van der Waals surface area contributed by atoms with Gasteiger partial charge in [0.25, 0.3) is 0 Å². The Morgan fingerprint density at radius 3 is 2.47 bits per heavy atom. The number of carboxylic acid groups (broad SMARTS) is 1. The Bertz CT molecular complexity index is 414. The molecule has 4 fully saturated rings. The van der Waals surface area contributed by atoms with Crippen molar-refractivity contribution >= 4 is 16.0 Å². The lowest BCUT2D eigenvalue weighted by molar-refractivity contribution is -0.147. The molecule has 5 nitrogen and oxygen atoms in total. The van der Waals surface area contributed by atoms with Gasteiger partial charge in [-0.3, -0.25) is 4.79 Å². The van der Waals surface area contributed by atoms with Crippen molar-refractivity contribution in [1.82, 2.24) is 4.31 Å². The second kappa shape index (κ2) is 2.74. The number of hydrogen-bond acceptors (Lipinski definition) is 3. The van der Waals surface area contributed by atoms with E-state index in [2.05, 4.69) is 0 Å². The van der Waals surface area contributed by atoms with Gasteiger partial charge in [0, 0.05) is 12.6 Å². The Hall–Kier alpha value is -0.620. The van der Waals surface area contributed by atoms with Gasteiger partial charge in [-0.15, -0.1) is 0 Å². The molecule has 3 unspecified atom stereocenters. The number of fused-ring (bicyclic) bond motifs is 1. The molecular weight excluding hydrogens is 218 g/mol. The van der Waals surface area contributed by atoms with E-state index in [0.717, 1.165) is 19.3 Å². The summed E-state index contributed by atoms with van der Waals surface area (Å²) >= 11 is 0. The van der Waals surface area contributed by atoms with Crippen molar-refractivity contribution in [1.29, 1.82) is 0 Å². The van der Waals surface area contributed by atoms with E-state index in [-0.39, 0.29) is 17.2 Å². The van der Waals surface area contributed by atoms with Gasteiger partial charge >= 0.3 is 5.97 Å². The molecule has 0 radical (unpaired) electrons. The summed E-state index contributed by atoms with van der Waals surface area (Å²) in [6, 6.07) is -0.252.